The lowest BCUT2D eigenvalue weighted by molar-refractivity contribution is -0.108. The summed E-state index contributed by atoms with van der Waals surface area (Å²) in [5, 5.41) is 0. The van der Waals surface area contributed by atoms with Crippen LogP contribution in [0.15, 0.2) is 0 Å². The first-order chi connectivity index (χ1) is 5.63. The summed E-state index contributed by atoms with van der Waals surface area (Å²) in [4.78, 5) is 2.28. The quantitative estimate of drug-likeness (QED) is 0.624. The topological polar surface area (TPSA) is 29.3 Å². The highest BCUT2D eigenvalue weighted by Crippen LogP contribution is 2.51. The van der Waals surface area contributed by atoms with Crippen molar-refractivity contribution in [3.05, 3.63) is 0 Å². The van der Waals surface area contributed by atoms with Crippen molar-refractivity contribution in [2.45, 2.75) is 46.7 Å². The maximum Gasteiger partial charge on any atom is 0.0713 e. The third kappa shape index (κ3) is 1.31. The van der Waals surface area contributed by atoms with Crippen LogP contribution in [0.4, 0.5) is 0 Å². The van der Waals surface area contributed by atoms with Crippen LogP contribution in [-0.4, -0.2) is 24.2 Å². The molecule has 2 nitrogen and oxygen atoms in total. The van der Waals surface area contributed by atoms with Crippen LogP contribution in [0.3, 0.4) is 0 Å². The van der Waals surface area contributed by atoms with Crippen molar-refractivity contribution in [2.24, 2.45) is 16.6 Å². The van der Waals surface area contributed by atoms with E-state index in [9.17, 15) is 0 Å². The summed E-state index contributed by atoms with van der Waals surface area (Å²) in [6, 6.07) is 0. The highest BCUT2D eigenvalue weighted by atomic mass is 15.3. The van der Waals surface area contributed by atoms with Crippen molar-refractivity contribution in [1.29, 1.82) is 0 Å². The number of rotatable bonds is 0. The highest BCUT2D eigenvalue weighted by molar-refractivity contribution is 5.04. The molecule has 13 heavy (non-hydrogen) atoms. The molecule has 1 heterocycles. The molecule has 78 valence electrons. The normalized spacial score (nSPS) is 39.0. The molecule has 0 aliphatic carbocycles. The van der Waals surface area contributed by atoms with Crippen LogP contribution in [0.25, 0.3) is 0 Å². The Kier molecular flexibility index (Phi) is 2.29. The summed E-state index contributed by atoms with van der Waals surface area (Å²) in [6.45, 7) is 12.5. The number of likely N-dealkylation sites (tertiary alicyclic amines) is 1. The molecule has 0 radical (unpaired) electrons. The van der Waals surface area contributed by atoms with E-state index in [1.165, 1.54) is 6.42 Å². The molecule has 1 saturated heterocycles. The number of hydrogen-bond donors (Lipinski definition) is 1. The molecule has 1 atom stereocenters. The molecule has 2 heteroatoms. The first kappa shape index (κ1) is 11.0. The van der Waals surface area contributed by atoms with E-state index in [0.717, 1.165) is 6.54 Å². The van der Waals surface area contributed by atoms with Crippen molar-refractivity contribution < 1.29 is 0 Å². The van der Waals surface area contributed by atoms with Crippen molar-refractivity contribution in [3.63, 3.8) is 0 Å². The van der Waals surface area contributed by atoms with Gasteiger partial charge in [-0.2, -0.15) is 0 Å². The summed E-state index contributed by atoms with van der Waals surface area (Å²) in [7, 11) is 2.12. The predicted molar refractivity (Wildman–Crippen MR) is 57.4 cm³/mol. The molecule has 1 aliphatic heterocycles. The van der Waals surface area contributed by atoms with E-state index in [2.05, 4.69) is 46.6 Å². The average Bonchev–Trinajstić information content (AvgIpc) is 1.97. The zero-order valence-electron chi connectivity index (χ0n) is 9.94. The Morgan fingerprint density at radius 2 is 1.54 bits per heavy atom. The Bertz CT molecular complexity index is 204. The molecule has 0 spiro atoms. The second-order valence-corrected chi connectivity index (χ2v) is 5.83. The van der Waals surface area contributed by atoms with E-state index < -0.39 is 0 Å². The van der Waals surface area contributed by atoms with Crippen molar-refractivity contribution in [2.75, 3.05) is 13.6 Å². The molecule has 0 saturated carbocycles. The van der Waals surface area contributed by atoms with Gasteiger partial charge in [0.1, 0.15) is 0 Å². The zero-order valence-corrected chi connectivity index (χ0v) is 9.94. The van der Waals surface area contributed by atoms with E-state index in [-0.39, 0.29) is 11.1 Å². The van der Waals surface area contributed by atoms with Crippen LogP contribution in [0.2, 0.25) is 0 Å². The smallest absolute Gasteiger partial charge is 0.0713 e. The van der Waals surface area contributed by atoms with Gasteiger partial charge in [-0.3, -0.25) is 4.90 Å². The summed E-state index contributed by atoms with van der Waals surface area (Å²) in [5.74, 6) is 0. The fourth-order valence-corrected chi connectivity index (χ4v) is 2.15. The van der Waals surface area contributed by atoms with Crippen molar-refractivity contribution >= 4 is 0 Å². The van der Waals surface area contributed by atoms with Gasteiger partial charge in [0.15, 0.2) is 0 Å². The molecule has 0 amide bonds. The van der Waals surface area contributed by atoms with Gasteiger partial charge in [-0.15, -0.1) is 0 Å². The lowest BCUT2D eigenvalue weighted by Gasteiger charge is -2.59. The average molecular weight is 184 g/mol. The predicted octanol–water partition coefficient (Wildman–Crippen LogP) is 2.05. The fourth-order valence-electron chi connectivity index (χ4n) is 2.15. The zero-order chi connectivity index (χ0) is 10.5. The lowest BCUT2D eigenvalue weighted by Crippen LogP contribution is -2.69. The monoisotopic (exact) mass is 184 g/mol. The van der Waals surface area contributed by atoms with Gasteiger partial charge < -0.3 is 5.73 Å². The van der Waals surface area contributed by atoms with E-state index in [4.69, 9.17) is 5.73 Å². The molecule has 2 N–H and O–H groups in total. The third-order valence-corrected chi connectivity index (χ3v) is 4.82. The minimum Gasteiger partial charge on any atom is -0.313 e. The molecule has 1 aliphatic rings. The molecule has 0 aromatic heterocycles. The van der Waals surface area contributed by atoms with E-state index in [1.54, 1.807) is 0 Å². The van der Waals surface area contributed by atoms with Gasteiger partial charge in [-0.05, 0) is 25.8 Å². The van der Waals surface area contributed by atoms with Gasteiger partial charge in [0, 0.05) is 12.0 Å². The molecule has 0 bridgehead atoms. The molecular formula is C11H24N2. The summed E-state index contributed by atoms with van der Waals surface area (Å²) >= 11 is 0. The largest absolute Gasteiger partial charge is 0.313 e. The number of piperidine rings is 1. The van der Waals surface area contributed by atoms with Gasteiger partial charge >= 0.3 is 0 Å². The van der Waals surface area contributed by atoms with E-state index in [1.807, 2.05) is 0 Å². The number of nitrogens with two attached hydrogens (primary N) is 1. The minimum atomic E-state index is -0.200. The first-order valence-corrected chi connectivity index (χ1v) is 5.13. The Hall–Kier alpha value is -0.0800. The Balaban J connectivity index is 3.07. The van der Waals surface area contributed by atoms with Crippen LogP contribution in [0.1, 0.15) is 41.0 Å². The van der Waals surface area contributed by atoms with Crippen LogP contribution in [-0.2, 0) is 0 Å². The molecular weight excluding hydrogens is 160 g/mol. The Morgan fingerprint density at radius 1 is 1.08 bits per heavy atom. The molecule has 1 rings (SSSR count). The second-order valence-electron chi connectivity index (χ2n) is 5.83. The van der Waals surface area contributed by atoms with E-state index >= 15 is 0 Å². The highest BCUT2D eigenvalue weighted by Gasteiger charge is 2.53. The first-order valence-electron chi connectivity index (χ1n) is 5.13. The third-order valence-electron chi connectivity index (χ3n) is 4.82. The van der Waals surface area contributed by atoms with Gasteiger partial charge in [0.05, 0.1) is 5.66 Å². The van der Waals surface area contributed by atoms with Gasteiger partial charge in [0.25, 0.3) is 0 Å². The molecule has 1 fully saturated rings. The number of nitrogens with zero attached hydrogens (tertiary/aromatic N) is 1. The maximum absolute atomic E-state index is 6.40. The second kappa shape index (κ2) is 2.71. The Labute approximate surface area is 82.5 Å². The fraction of sp³-hybridized carbons (Fsp3) is 1.00. The summed E-state index contributed by atoms with van der Waals surface area (Å²) in [5.41, 5.74) is 6.67. The van der Waals surface area contributed by atoms with Crippen LogP contribution < -0.4 is 5.73 Å². The minimum absolute atomic E-state index is 0.146. The maximum atomic E-state index is 6.40. The SMILES string of the molecule is CN1CCC(C)(C)C(C)(C)C1(C)N. The van der Waals surface area contributed by atoms with E-state index in [0.29, 0.717) is 5.41 Å². The molecule has 1 unspecified atom stereocenters. The standard InChI is InChI=1S/C11H24N2/c1-9(2)7-8-13(6)11(5,12)10(9,3)4/h7-8,12H2,1-6H3. The summed E-state index contributed by atoms with van der Waals surface area (Å²) in [6.07, 6.45) is 1.23. The van der Waals surface area contributed by atoms with Gasteiger partial charge in [0.2, 0.25) is 0 Å². The van der Waals surface area contributed by atoms with Crippen LogP contribution in [0.5, 0.6) is 0 Å². The van der Waals surface area contributed by atoms with Gasteiger partial charge in [-0.25, -0.2) is 0 Å². The van der Waals surface area contributed by atoms with Crippen LogP contribution in [0, 0.1) is 10.8 Å². The van der Waals surface area contributed by atoms with Crippen molar-refractivity contribution in [3.8, 4) is 0 Å². The molecule has 0 aromatic rings. The number of hydrogen-bond acceptors (Lipinski definition) is 2. The molecule has 0 aromatic carbocycles. The van der Waals surface area contributed by atoms with Crippen molar-refractivity contribution in [1.82, 2.24) is 4.90 Å². The van der Waals surface area contributed by atoms with Crippen LogP contribution >= 0.6 is 0 Å². The van der Waals surface area contributed by atoms with Gasteiger partial charge in [-0.1, -0.05) is 27.7 Å². The Morgan fingerprint density at radius 3 is 1.92 bits per heavy atom. The lowest BCUT2D eigenvalue weighted by atomic mass is 9.57. The summed E-state index contributed by atoms with van der Waals surface area (Å²) < 4.78 is 0.